The number of aromatic nitrogens is 1. The number of carbonyl (C=O) groups excluding carboxylic acids is 1. The number of alkyl carbamates (subject to hydrolysis) is 1. The predicted molar refractivity (Wildman–Crippen MR) is 121 cm³/mol. The third-order valence-corrected chi connectivity index (χ3v) is 5.53. The summed E-state index contributed by atoms with van der Waals surface area (Å²) >= 11 is 5.67. The molecule has 2 aromatic carbocycles. The fourth-order valence-corrected chi connectivity index (χ4v) is 4.10. The second-order valence-electron chi connectivity index (χ2n) is 7.55. The number of carbonyl (C=O) groups is 1. The molecule has 0 saturated carbocycles. The van der Waals surface area contributed by atoms with Crippen LogP contribution in [0.5, 0.6) is 0 Å². The number of alkyl halides is 3. The third kappa shape index (κ3) is 5.37. The molecule has 170 valence electrons. The van der Waals surface area contributed by atoms with E-state index in [1.165, 1.54) is 12.1 Å². The molecule has 4 nitrogen and oxygen atoms in total. The van der Waals surface area contributed by atoms with Gasteiger partial charge in [0.25, 0.3) is 0 Å². The van der Waals surface area contributed by atoms with E-state index in [1.807, 2.05) is 36.4 Å². The molecule has 3 aromatic rings. The number of fused-ring (bicyclic) bond motifs is 3. The fraction of sp³-hybridized carbons (Fsp3) is 0.200. The van der Waals surface area contributed by atoms with Crippen LogP contribution in [0, 0.1) is 0 Å². The summed E-state index contributed by atoms with van der Waals surface area (Å²) in [6.45, 7) is 0.490. The average molecular weight is 473 g/mol. The van der Waals surface area contributed by atoms with Gasteiger partial charge in [-0.15, -0.1) is 0 Å². The van der Waals surface area contributed by atoms with Crippen molar-refractivity contribution in [3.8, 4) is 11.1 Å². The molecule has 0 aliphatic heterocycles. The summed E-state index contributed by atoms with van der Waals surface area (Å²) in [5, 5.41) is 2.42. The van der Waals surface area contributed by atoms with Gasteiger partial charge in [-0.1, -0.05) is 72.3 Å². The summed E-state index contributed by atoms with van der Waals surface area (Å²) < 4.78 is 43.9. The number of nitrogens with zero attached hydrogens (tertiary/aromatic N) is 1. The maximum absolute atomic E-state index is 12.8. The van der Waals surface area contributed by atoms with E-state index in [4.69, 9.17) is 16.3 Å². The van der Waals surface area contributed by atoms with Crippen molar-refractivity contribution in [3.63, 3.8) is 0 Å². The average Bonchev–Trinajstić information content (AvgIpc) is 3.10. The second-order valence-corrected chi connectivity index (χ2v) is 7.94. The smallest absolute Gasteiger partial charge is 0.433 e. The number of benzene rings is 2. The van der Waals surface area contributed by atoms with Gasteiger partial charge in [-0.2, -0.15) is 13.2 Å². The van der Waals surface area contributed by atoms with Crippen molar-refractivity contribution in [1.82, 2.24) is 10.3 Å². The van der Waals surface area contributed by atoms with E-state index in [2.05, 4.69) is 22.4 Å². The maximum atomic E-state index is 12.8. The predicted octanol–water partition coefficient (Wildman–Crippen LogP) is 6.70. The molecule has 8 heteroatoms. The van der Waals surface area contributed by atoms with Crippen molar-refractivity contribution >= 4 is 23.8 Å². The molecule has 0 radical (unpaired) electrons. The number of rotatable bonds is 6. The lowest BCUT2D eigenvalue weighted by molar-refractivity contribution is -0.141. The summed E-state index contributed by atoms with van der Waals surface area (Å²) in [5.74, 6) is -0.0256. The molecule has 33 heavy (non-hydrogen) atoms. The van der Waals surface area contributed by atoms with Gasteiger partial charge in [-0.25, -0.2) is 9.78 Å². The van der Waals surface area contributed by atoms with E-state index in [-0.39, 0.29) is 29.8 Å². The van der Waals surface area contributed by atoms with Crippen molar-refractivity contribution in [2.24, 2.45) is 0 Å². The summed E-state index contributed by atoms with van der Waals surface area (Å²) in [5.41, 5.74) is 3.79. The highest BCUT2D eigenvalue weighted by Crippen LogP contribution is 2.44. The van der Waals surface area contributed by atoms with Gasteiger partial charge in [0.15, 0.2) is 0 Å². The topological polar surface area (TPSA) is 51.2 Å². The monoisotopic (exact) mass is 472 g/mol. The zero-order valence-electron chi connectivity index (χ0n) is 17.4. The van der Waals surface area contributed by atoms with Crippen LogP contribution in [0.2, 0.25) is 5.15 Å². The van der Waals surface area contributed by atoms with Crippen LogP contribution in [0.25, 0.3) is 17.2 Å². The SMILES string of the molecule is O=C(NCCC=Cc1cc(Cl)nc(C(F)(F)F)c1)OCC1c2ccccc2-c2ccccc21. The van der Waals surface area contributed by atoms with Crippen LogP contribution in [0.4, 0.5) is 18.0 Å². The summed E-state index contributed by atoms with van der Waals surface area (Å²) in [7, 11) is 0. The van der Waals surface area contributed by atoms with Gasteiger partial charge in [-0.05, 0) is 46.4 Å². The van der Waals surface area contributed by atoms with E-state index < -0.39 is 18.0 Å². The molecule has 1 aliphatic carbocycles. The Morgan fingerprint density at radius 3 is 2.33 bits per heavy atom. The van der Waals surface area contributed by atoms with Gasteiger partial charge >= 0.3 is 12.3 Å². The highest BCUT2D eigenvalue weighted by Gasteiger charge is 2.33. The lowest BCUT2D eigenvalue weighted by atomic mass is 9.98. The number of ether oxygens (including phenoxy) is 1. The number of nitrogens with one attached hydrogen (secondary N) is 1. The van der Waals surface area contributed by atoms with Crippen LogP contribution in [0.3, 0.4) is 0 Å². The normalized spacial score (nSPS) is 13.1. The van der Waals surface area contributed by atoms with Crippen LogP contribution in [-0.2, 0) is 10.9 Å². The Kier molecular flexibility index (Phi) is 6.70. The van der Waals surface area contributed by atoms with Gasteiger partial charge in [0.05, 0.1) is 0 Å². The first-order valence-corrected chi connectivity index (χ1v) is 10.7. The quantitative estimate of drug-likeness (QED) is 0.321. The highest BCUT2D eigenvalue weighted by atomic mass is 35.5. The van der Waals surface area contributed by atoms with Crippen molar-refractivity contribution in [3.05, 3.63) is 94.3 Å². The minimum Gasteiger partial charge on any atom is -0.449 e. The van der Waals surface area contributed by atoms with Gasteiger partial charge < -0.3 is 10.1 Å². The highest BCUT2D eigenvalue weighted by molar-refractivity contribution is 6.29. The Bertz CT molecular complexity index is 1150. The Hall–Kier alpha value is -3.32. The first-order valence-electron chi connectivity index (χ1n) is 10.3. The zero-order chi connectivity index (χ0) is 23.4. The zero-order valence-corrected chi connectivity index (χ0v) is 18.2. The third-order valence-electron chi connectivity index (χ3n) is 5.34. The molecule has 0 saturated heterocycles. The van der Waals surface area contributed by atoms with Crippen molar-refractivity contribution in [1.29, 1.82) is 0 Å². The molecule has 1 aromatic heterocycles. The minimum absolute atomic E-state index is 0.0256. The molecule has 0 bridgehead atoms. The molecule has 1 aliphatic rings. The van der Waals surface area contributed by atoms with E-state index in [1.54, 1.807) is 6.08 Å². The number of amides is 1. The maximum Gasteiger partial charge on any atom is 0.433 e. The molecular weight excluding hydrogens is 453 g/mol. The number of hydrogen-bond donors (Lipinski definition) is 1. The van der Waals surface area contributed by atoms with E-state index in [0.29, 0.717) is 6.42 Å². The van der Waals surface area contributed by atoms with E-state index >= 15 is 0 Å². The molecule has 4 rings (SSSR count). The lowest BCUT2D eigenvalue weighted by Gasteiger charge is -2.14. The molecule has 0 unspecified atom stereocenters. The Balaban J connectivity index is 1.28. The Labute approximate surface area is 194 Å². The number of hydrogen-bond acceptors (Lipinski definition) is 3. The largest absolute Gasteiger partial charge is 0.449 e. The molecule has 0 atom stereocenters. The van der Waals surface area contributed by atoms with Gasteiger partial charge in [0.1, 0.15) is 17.5 Å². The minimum atomic E-state index is -4.57. The molecular formula is C25H20ClF3N2O2. The first kappa shape index (κ1) is 22.9. The molecule has 0 fully saturated rings. The number of pyridine rings is 1. The van der Waals surface area contributed by atoms with Crippen LogP contribution < -0.4 is 5.32 Å². The summed E-state index contributed by atoms with van der Waals surface area (Å²) in [6.07, 6.45) is -1.56. The molecule has 0 spiro atoms. The van der Waals surface area contributed by atoms with Crippen LogP contribution in [-0.4, -0.2) is 24.2 Å². The van der Waals surface area contributed by atoms with Crippen LogP contribution in [0.15, 0.2) is 66.7 Å². The molecule has 1 heterocycles. The van der Waals surface area contributed by atoms with Crippen LogP contribution >= 0.6 is 11.6 Å². The van der Waals surface area contributed by atoms with Crippen molar-refractivity contribution in [2.45, 2.75) is 18.5 Å². The Morgan fingerprint density at radius 1 is 1.06 bits per heavy atom. The fourth-order valence-electron chi connectivity index (χ4n) is 3.88. The lowest BCUT2D eigenvalue weighted by Crippen LogP contribution is -2.26. The standard InChI is InChI=1S/C25H20ClF3N2O2/c26-23-14-16(13-22(31-23)25(27,28)29)7-5-6-12-30-24(32)33-15-21-19-10-3-1-8-17(19)18-9-2-4-11-20(18)21/h1-5,7-11,13-14,21H,6,12,15H2,(H,30,32). The van der Waals surface area contributed by atoms with Gasteiger partial charge in [-0.3, -0.25) is 0 Å². The second kappa shape index (κ2) is 9.67. The molecule has 1 amide bonds. The molecule has 1 N–H and O–H groups in total. The first-order chi connectivity index (χ1) is 15.8. The van der Waals surface area contributed by atoms with Gasteiger partial charge in [0, 0.05) is 12.5 Å². The van der Waals surface area contributed by atoms with E-state index in [0.717, 1.165) is 28.3 Å². The summed E-state index contributed by atoms with van der Waals surface area (Å²) in [6, 6.07) is 18.4. The summed E-state index contributed by atoms with van der Waals surface area (Å²) in [4.78, 5) is 15.4. The van der Waals surface area contributed by atoms with Gasteiger partial charge in [0.2, 0.25) is 0 Å². The van der Waals surface area contributed by atoms with Crippen LogP contribution in [0.1, 0.15) is 34.7 Å². The Morgan fingerprint density at radius 2 is 1.70 bits per heavy atom. The van der Waals surface area contributed by atoms with E-state index in [9.17, 15) is 18.0 Å². The van der Waals surface area contributed by atoms with Crippen molar-refractivity contribution in [2.75, 3.05) is 13.2 Å². The number of halogens is 4. The van der Waals surface area contributed by atoms with Crippen molar-refractivity contribution < 1.29 is 22.7 Å².